The maximum atomic E-state index is 12.2. The predicted octanol–water partition coefficient (Wildman–Crippen LogP) is 1.77. The lowest BCUT2D eigenvalue weighted by Gasteiger charge is -2.32. The van der Waals surface area contributed by atoms with Gasteiger partial charge in [0.05, 0.1) is 11.4 Å². The van der Waals surface area contributed by atoms with Crippen LogP contribution in [0.4, 0.5) is 0 Å². The summed E-state index contributed by atoms with van der Waals surface area (Å²) in [5.41, 5.74) is 1.04. The van der Waals surface area contributed by atoms with Gasteiger partial charge in [-0.2, -0.15) is 0 Å². The summed E-state index contributed by atoms with van der Waals surface area (Å²) in [7, 11) is 1.98. The van der Waals surface area contributed by atoms with Crippen LogP contribution in [0.2, 0.25) is 0 Å². The summed E-state index contributed by atoms with van der Waals surface area (Å²) in [6.07, 6.45) is 4.15. The van der Waals surface area contributed by atoms with Gasteiger partial charge in [-0.3, -0.25) is 9.78 Å². The molecule has 1 unspecified atom stereocenters. The second-order valence-electron chi connectivity index (χ2n) is 5.22. The van der Waals surface area contributed by atoms with Gasteiger partial charge in [-0.05, 0) is 44.5 Å². The minimum atomic E-state index is 0.270. The van der Waals surface area contributed by atoms with Crippen LogP contribution in [0.25, 0.3) is 0 Å². The lowest BCUT2D eigenvalue weighted by Crippen LogP contribution is -2.43. The Hall–Kier alpha value is -1.07. The second kappa shape index (κ2) is 8.27. The minimum Gasteiger partial charge on any atom is -0.342 e. The van der Waals surface area contributed by atoms with Crippen LogP contribution in [0, 0.1) is 5.92 Å². The van der Waals surface area contributed by atoms with Crippen LogP contribution in [0.3, 0.4) is 0 Å². The fraction of sp³-hybridized carbons (Fsp3) is 0.600. The number of piperidine rings is 1. The van der Waals surface area contributed by atoms with Crippen molar-refractivity contribution < 1.29 is 4.79 Å². The van der Waals surface area contributed by atoms with Gasteiger partial charge < -0.3 is 10.2 Å². The molecular weight excluding hydrogens is 270 g/mol. The number of thioether (sulfide) groups is 1. The van der Waals surface area contributed by atoms with Gasteiger partial charge in [0.25, 0.3) is 0 Å². The quantitative estimate of drug-likeness (QED) is 0.868. The van der Waals surface area contributed by atoms with E-state index in [1.807, 2.05) is 30.1 Å². The number of likely N-dealkylation sites (tertiary alicyclic amines) is 1. The third-order valence-corrected chi connectivity index (χ3v) is 4.52. The molecule has 1 saturated heterocycles. The van der Waals surface area contributed by atoms with Crippen molar-refractivity contribution in [3.05, 3.63) is 30.1 Å². The van der Waals surface area contributed by atoms with Gasteiger partial charge in [-0.15, -0.1) is 11.8 Å². The van der Waals surface area contributed by atoms with Crippen LogP contribution in [0.15, 0.2) is 24.4 Å². The molecule has 5 heteroatoms. The number of rotatable bonds is 6. The molecule has 4 nitrogen and oxygen atoms in total. The molecule has 0 bridgehead atoms. The molecule has 0 radical (unpaired) electrons. The molecular formula is C15H23N3OS. The fourth-order valence-electron chi connectivity index (χ4n) is 2.56. The van der Waals surface area contributed by atoms with E-state index in [0.717, 1.165) is 37.5 Å². The van der Waals surface area contributed by atoms with Crippen molar-refractivity contribution >= 4 is 17.7 Å². The van der Waals surface area contributed by atoms with Crippen LogP contribution in [0.5, 0.6) is 0 Å². The Morgan fingerprint density at radius 2 is 2.45 bits per heavy atom. The first-order valence-corrected chi connectivity index (χ1v) is 8.35. The fourth-order valence-corrected chi connectivity index (χ4v) is 3.40. The zero-order valence-electron chi connectivity index (χ0n) is 12.0. The van der Waals surface area contributed by atoms with E-state index >= 15 is 0 Å². The first kappa shape index (κ1) is 15.3. The van der Waals surface area contributed by atoms with Crippen molar-refractivity contribution in [1.82, 2.24) is 15.2 Å². The molecule has 1 N–H and O–H groups in total. The van der Waals surface area contributed by atoms with Crippen LogP contribution >= 0.6 is 11.8 Å². The average Bonchev–Trinajstić information content (AvgIpc) is 2.49. The number of nitrogens with one attached hydrogen (secondary N) is 1. The van der Waals surface area contributed by atoms with E-state index in [4.69, 9.17) is 0 Å². The monoisotopic (exact) mass is 293 g/mol. The van der Waals surface area contributed by atoms with Gasteiger partial charge in [0.1, 0.15) is 0 Å². The SMILES string of the molecule is CNCC1CCCN(C(=O)CSCc2ccccn2)C1. The second-order valence-corrected chi connectivity index (χ2v) is 6.21. The zero-order chi connectivity index (χ0) is 14.2. The van der Waals surface area contributed by atoms with Crippen LogP contribution in [-0.4, -0.2) is 48.2 Å². The molecule has 1 fully saturated rings. The van der Waals surface area contributed by atoms with Gasteiger partial charge in [0.15, 0.2) is 0 Å². The number of hydrogen-bond donors (Lipinski definition) is 1. The van der Waals surface area contributed by atoms with Crippen molar-refractivity contribution in [1.29, 1.82) is 0 Å². The van der Waals surface area contributed by atoms with Gasteiger partial charge in [-0.1, -0.05) is 6.07 Å². The summed E-state index contributed by atoms with van der Waals surface area (Å²) in [4.78, 5) is 18.5. The summed E-state index contributed by atoms with van der Waals surface area (Å²) < 4.78 is 0. The van der Waals surface area contributed by atoms with E-state index in [2.05, 4.69) is 10.3 Å². The Morgan fingerprint density at radius 1 is 1.55 bits per heavy atom. The third-order valence-electron chi connectivity index (χ3n) is 3.57. The first-order chi connectivity index (χ1) is 9.79. The zero-order valence-corrected chi connectivity index (χ0v) is 12.9. The number of pyridine rings is 1. The summed E-state index contributed by atoms with van der Waals surface area (Å²) in [5, 5.41) is 3.21. The van der Waals surface area contributed by atoms with E-state index < -0.39 is 0 Å². The standard InChI is InChI=1S/C15H23N3OS/c1-16-9-13-5-4-8-18(10-13)15(19)12-20-11-14-6-2-3-7-17-14/h2-3,6-7,13,16H,4-5,8-12H2,1H3. The number of amides is 1. The maximum Gasteiger partial charge on any atom is 0.232 e. The number of carbonyl (C=O) groups excluding carboxylic acids is 1. The molecule has 1 aliphatic rings. The highest BCUT2D eigenvalue weighted by atomic mass is 32.2. The normalized spacial score (nSPS) is 19.1. The van der Waals surface area contributed by atoms with Crippen molar-refractivity contribution in [2.24, 2.45) is 5.92 Å². The highest BCUT2D eigenvalue weighted by molar-refractivity contribution is 7.99. The minimum absolute atomic E-state index is 0.270. The lowest BCUT2D eigenvalue weighted by molar-refractivity contribution is -0.130. The van der Waals surface area contributed by atoms with Crippen molar-refractivity contribution in [2.75, 3.05) is 32.4 Å². The van der Waals surface area contributed by atoms with Gasteiger partial charge in [-0.25, -0.2) is 0 Å². The molecule has 1 amide bonds. The molecule has 2 rings (SSSR count). The first-order valence-electron chi connectivity index (χ1n) is 7.19. The average molecular weight is 293 g/mol. The molecule has 110 valence electrons. The van der Waals surface area contributed by atoms with E-state index in [-0.39, 0.29) is 5.91 Å². The molecule has 1 aliphatic heterocycles. The predicted molar refractivity (Wildman–Crippen MR) is 83.6 cm³/mol. The number of nitrogens with zero attached hydrogens (tertiary/aromatic N) is 2. The highest BCUT2D eigenvalue weighted by Gasteiger charge is 2.22. The molecule has 20 heavy (non-hydrogen) atoms. The van der Waals surface area contributed by atoms with E-state index in [1.165, 1.54) is 6.42 Å². The van der Waals surface area contributed by atoms with Crippen LogP contribution < -0.4 is 5.32 Å². The Labute approximate surface area is 125 Å². The molecule has 0 aromatic carbocycles. The van der Waals surface area contributed by atoms with Crippen molar-refractivity contribution in [3.8, 4) is 0 Å². The topological polar surface area (TPSA) is 45.2 Å². The van der Waals surface area contributed by atoms with E-state index in [1.54, 1.807) is 18.0 Å². The third kappa shape index (κ3) is 4.80. The van der Waals surface area contributed by atoms with Crippen LogP contribution in [0.1, 0.15) is 18.5 Å². The summed E-state index contributed by atoms with van der Waals surface area (Å²) in [6, 6.07) is 5.90. The summed E-state index contributed by atoms with van der Waals surface area (Å²) in [6.45, 7) is 2.83. The van der Waals surface area contributed by atoms with Crippen molar-refractivity contribution in [3.63, 3.8) is 0 Å². The molecule has 2 heterocycles. The van der Waals surface area contributed by atoms with Gasteiger partial charge in [0, 0.05) is 25.0 Å². The summed E-state index contributed by atoms with van der Waals surface area (Å²) >= 11 is 1.65. The Morgan fingerprint density at radius 3 is 3.20 bits per heavy atom. The Balaban J connectivity index is 1.71. The lowest BCUT2D eigenvalue weighted by atomic mass is 9.98. The van der Waals surface area contributed by atoms with Gasteiger partial charge >= 0.3 is 0 Å². The molecule has 0 saturated carbocycles. The Kier molecular flexibility index (Phi) is 6.33. The molecule has 1 aromatic rings. The number of carbonyl (C=O) groups is 1. The maximum absolute atomic E-state index is 12.2. The number of hydrogen-bond acceptors (Lipinski definition) is 4. The highest BCUT2D eigenvalue weighted by Crippen LogP contribution is 2.17. The number of aromatic nitrogens is 1. The molecule has 1 aromatic heterocycles. The summed E-state index contributed by atoms with van der Waals surface area (Å²) in [5.74, 6) is 2.24. The molecule has 0 aliphatic carbocycles. The smallest absolute Gasteiger partial charge is 0.232 e. The Bertz CT molecular complexity index is 411. The molecule has 1 atom stereocenters. The van der Waals surface area contributed by atoms with Crippen LogP contribution in [-0.2, 0) is 10.5 Å². The van der Waals surface area contributed by atoms with E-state index in [0.29, 0.717) is 11.7 Å². The molecule has 0 spiro atoms. The van der Waals surface area contributed by atoms with E-state index in [9.17, 15) is 4.79 Å². The largest absolute Gasteiger partial charge is 0.342 e. The van der Waals surface area contributed by atoms with Crippen molar-refractivity contribution in [2.45, 2.75) is 18.6 Å². The van der Waals surface area contributed by atoms with Gasteiger partial charge in [0.2, 0.25) is 5.91 Å².